The van der Waals surface area contributed by atoms with E-state index in [1.54, 1.807) is 72.8 Å². The monoisotopic (exact) mass is 555 g/mol. The first kappa shape index (κ1) is 26.3. The third-order valence-electron chi connectivity index (χ3n) is 6.01. The second-order valence-electron chi connectivity index (χ2n) is 9.02. The maximum atomic E-state index is 13.6. The summed E-state index contributed by atoms with van der Waals surface area (Å²) < 4.78 is 28.4. The number of anilines is 3. The van der Waals surface area contributed by atoms with Crippen molar-refractivity contribution in [2.24, 2.45) is 0 Å². The molecule has 0 saturated carbocycles. The van der Waals surface area contributed by atoms with Gasteiger partial charge in [0.1, 0.15) is 10.6 Å². The molecule has 0 bridgehead atoms. The Morgan fingerprint density at radius 3 is 2.00 bits per heavy atom. The zero-order valence-corrected chi connectivity index (χ0v) is 22.8. The minimum absolute atomic E-state index is 0.147. The van der Waals surface area contributed by atoms with Crippen LogP contribution in [0.4, 0.5) is 17.1 Å². The van der Waals surface area contributed by atoms with Crippen LogP contribution in [0.3, 0.4) is 0 Å². The zero-order chi connectivity index (χ0) is 27.6. The Labute approximate surface area is 231 Å². The molecule has 0 spiro atoms. The number of nitrogens with one attached hydrogen (secondary N) is 2. The van der Waals surface area contributed by atoms with Crippen LogP contribution in [-0.2, 0) is 19.6 Å². The average molecular weight is 556 g/mol. The smallest absolute Gasteiger partial charge is 0.283 e. The summed E-state index contributed by atoms with van der Waals surface area (Å²) in [6, 6.07) is 29.5. The van der Waals surface area contributed by atoms with E-state index in [2.05, 4.69) is 10.0 Å². The van der Waals surface area contributed by atoms with Crippen molar-refractivity contribution in [3.8, 4) is 0 Å². The Morgan fingerprint density at radius 1 is 0.692 bits per heavy atom. The van der Waals surface area contributed by atoms with E-state index >= 15 is 0 Å². The summed E-state index contributed by atoms with van der Waals surface area (Å²) in [5.74, 6) is -0.929. The van der Waals surface area contributed by atoms with Crippen LogP contribution in [0.25, 0.3) is 0 Å². The predicted molar refractivity (Wildman–Crippen MR) is 155 cm³/mol. The van der Waals surface area contributed by atoms with Crippen molar-refractivity contribution >= 4 is 50.7 Å². The molecule has 4 aromatic rings. The van der Waals surface area contributed by atoms with Gasteiger partial charge in [-0.25, -0.2) is 13.3 Å². The Kier molecular flexibility index (Phi) is 7.28. The van der Waals surface area contributed by atoms with Crippen LogP contribution in [0, 0.1) is 13.8 Å². The maximum Gasteiger partial charge on any atom is 0.283 e. The van der Waals surface area contributed by atoms with Gasteiger partial charge in [0.25, 0.3) is 21.8 Å². The second-order valence-corrected chi connectivity index (χ2v) is 11.8. The van der Waals surface area contributed by atoms with Gasteiger partial charge in [-0.05, 0) is 68.4 Å². The van der Waals surface area contributed by atoms with E-state index in [-0.39, 0.29) is 15.5 Å². The van der Waals surface area contributed by atoms with Crippen molar-refractivity contribution in [2.75, 3.05) is 14.9 Å². The largest absolute Gasteiger partial charge is 0.350 e. The molecule has 0 aromatic heterocycles. The molecule has 7 nitrogen and oxygen atoms in total. The summed E-state index contributed by atoms with van der Waals surface area (Å²) in [4.78, 5) is 29.2. The summed E-state index contributed by atoms with van der Waals surface area (Å²) in [7, 11) is -3.81. The summed E-state index contributed by atoms with van der Waals surface area (Å²) in [5, 5.41) is 3.13. The Bertz CT molecular complexity index is 1680. The van der Waals surface area contributed by atoms with E-state index in [1.807, 2.05) is 44.2 Å². The molecule has 1 heterocycles. The standard InChI is InChI=1S/C30H25N3O4S2/c1-20-11-15-22(16-12-20)31-27-28(30(35)33(29(27)34)24-8-4-3-5-9-24)38-25-10-6-7-23(19-25)32-39(36,37)26-17-13-21(2)14-18-26/h3-19,31-32H,1-2H3. The number of amides is 2. The highest BCUT2D eigenvalue weighted by atomic mass is 32.2. The van der Waals surface area contributed by atoms with Gasteiger partial charge in [-0.1, -0.05) is 71.4 Å². The number of hydrogen-bond donors (Lipinski definition) is 2. The van der Waals surface area contributed by atoms with E-state index in [0.29, 0.717) is 22.0 Å². The summed E-state index contributed by atoms with van der Waals surface area (Å²) in [6.07, 6.45) is 0. The molecule has 0 fully saturated rings. The minimum Gasteiger partial charge on any atom is -0.350 e. The van der Waals surface area contributed by atoms with Crippen molar-refractivity contribution < 1.29 is 18.0 Å². The molecule has 2 N–H and O–H groups in total. The fraction of sp³-hybridized carbons (Fsp3) is 0.0667. The number of nitrogens with zero attached hydrogens (tertiary/aromatic N) is 1. The van der Waals surface area contributed by atoms with Gasteiger partial charge in [0.15, 0.2) is 0 Å². The predicted octanol–water partition coefficient (Wildman–Crippen LogP) is 6.09. The van der Waals surface area contributed by atoms with E-state index in [4.69, 9.17) is 0 Å². The Balaban J connectivity index is 1.46. The van der Waals surface area contributed by atoms with Gasteiger partial charge in [-0.2, -0.15) is 0 Å². The third kappa shape index (κ3) is 5.74. The van der Waals surface area contributed by atoms with E-state index in [9.17, 15) is 18.0 Å². The first-order valence-corrected chi connectivity index (χ1v) is 14.4. The molecule has 0 atom stereocenters. The Morgan fingerprint density at radius 2 is 1.33 bits per heavy atom. The summed E-state index contributed by atoms with van der Waals surface area (Å²) in [5.41, 5.74) is 3.65. The molecule has 1 aliphatic heterocycles. The van der Waals surface area contributed by atoms with Gasteiger partial charge < -0.3 is 5.32 Å². The number of benzene rings is 4. The number of carbonyl (C=O) groups is 2. The fourth-order valence-corrected chi connectivity index (χ4v) is 6.02. The lowest BCUT2D eigenvalue weighted by molar-refractivity contribution is -0.120. The first-order valence-electron chi connectivity index (χ1n) is 12.1. The highest BCUT2D eigenvalue weighted by Gasteiger charge is 2.40. The van der Waals surface area contributed by atoms with Gasteiger partial charge in [0.2, 0.25) is 0 Å². The molecule has 196 valence electrons. The van der Waals surface area contributed by atoms with Gasteiger partial charge in [-0.3, -0.25) is 14.3 Å². The molecule has 0 aliphatic carbocycles. The van der Waals surface area contributed by atoms with Gasteiger partial charge >= 0.3 is 0 Å². The maximum absolute atomic E-state index is 13.6. The molecular formula is C30H25N3O4S2. The molecule has 0 saturated heterocycles. The minimum atomic E-state index is -3.81. The molecule has 4 aromatic carbocycles. The van der Waals surface area contributed by atoms with E-state index < -0.39 is 21.8 Å². The average Bonchev–Trinajstić information content (AvgIpc) is 3.14. The Hall–Kier alpha value is -4.34. The summed E-state index contributed by atoms with van der Waals surface area (Å²) >= 11 is 1.10. The molecule has 2 amide bonds. The second kappa shape index (κ2) is 10.8. The molecule has 5 rings (SSSR count). The molecule has 9 heteroatoms. The molecule has 39 heavy (non-hydrogen) atoms. The van der Waals surface area contributed by atoms with Crippen molar-refractivity contribution in [3.05, 3.63) is 125 Å². The van der Waals surface area contributed by atoms with Crippen LogP contribution in [0.5, 0.6) is 0 Å². The number of aryl methyl sites for hydroxylation is 2. The lowest BCUT2D eigenvalue weighted by Crippen LogP contribution is -2.32. The molecule has 1 aliphatic rings. The third-order valence-corrected chi connectivity index (χ3v) is 8.48. The lowest BCUT2D eigenvalue weighted by Gasteiger charge is -2.15. The topological polar surface area (TPSA) is 95.6 Å². The van der Waals surface area contributed by atoms with Crippen molar-refractivity contribution in [2.45, 2.75) is 23.6 Å². The van der Waals surface area contributed by atoms with E-state index in [1.165, 1.54) is 0 Å². The zero-order valence-electron chi connectivity index (χ0n) is 21.2. The van der Waals surface area contributed by atoms with Gasteiger partial charge in [-0.15, -0.1) is 0 Å². The van der Waals surface area contributed by atoms with Crippen molar-refractivity contribution in [3.63, 3.8) is 0 Å². The van der Waals surface area contributed by atoms with Crippen LogP contribution < -0.4 is 14.9 Å². The number of sulfonamides is 1. The highest BCUT2D eigenvalue weighted by molar-refractivity contribution is 8.04. The molecular weight excluding hydrogens is 530 g/mol. The van der Waals surface area contributed by atoms with Crippen LogP contribution in [-0.4, -0.2) is 20.2 Å². The number of hydrogen-bond acceptors (Lipinski definition) is 6. The van der Waals surface area contributed by atoms with Gasteiger partial charge in [0.05, 0.1) is 10.6 Å². The van der Waals surface area contributed by atoms with Crippen LogP contribution in [0.15, 0.2) is 124 Å². The highest BCUT2D eigenvalue weighted by Crippen LogP contribution is 2.38. The van der Waals surface area contributed by atoms with E-state index in [0.717, 1.165) is 27.8 Å². The SMILES string of the molecule is Cc1ccc(NC2=C(Sc3cccc(NS(=O)(=O)c4ccc(C)cc4)c3)C(=O)N(c3ccccc3)C2=O)cc1. The number of thioether (sulfide) groups is 1. The molecule has 0 radical (unpaired) electrons. The first-order chi connectivity index (χ1) is 18.7. The lowest BCUT2D eigenvalue weighted by atomic mass is 10.2. The normalized spacial score (nSPS) is 13.6. The van der Waals surface area contributed by atoms with Crippen molar-refractivity contribution in [1.29, 1.82) is 0 Å². The summed E-state index contributed by atoms with van der Waals surface area (Å²) in [6.45, 7) is 3.85. The number of carbonyl (C=O) groups excluding carboxylic acids is 2. The van der Waals surface area contributed by atoms with Crippen LogP contribution >= 0.6 is 11.8 Å². The number of rotatable bonds is 8. The van der Waals surface area contributed by atoms with Crippen LogP contribution in [0.2, 0.25) is 0 Å². The quantitative estimate of drug-likeness (QED) is 0.255. The number of imide groups is 1. The molecule has 0 unspecified atom stereocenters. The number of para-hydroxylation sites is 1. The van der Waals surface area contributed by atoms with Crippen LogP contribution in [0.1, 0.15) is 11.1 Å². The fourth-order valence-electron chi connectivity index (χ4n) is 3.98. The van der Waals surface area contributed by atoms with Crippen molar-refractivity contribution in [1.82, 2.24) is 0 Å². The van der Waals surface area contributed by atoms with Gasteiger partial charge in [0, 0.05) is 16.3 Å².